The Morgan fingerprint density at radius 2 is 1.71 bits per heavy atom. The molecule has 0 fully saturated rings. The van der Waals surface area contributed by atoms with Crippen molar-refractivity contribution in [1.29, 1.82) is 0 Å². The Labute approximate surface area is 181 Å². The number of carbonyl (C=O) groups excluding carboxylic acids is 2. The van der Waals surface area contributed by atoms with Gasteiger partial charge < -0.3 is 20.1 Å². The van der Waals surface area contributed by atoms with Gasteiger partial charge in [-0.05, 0) is 41.3 Å². The van der Waals surface area contributed by atoms with Gasteiger partial charge in [0.25, 0.3) is 0 Å². The van der Waals surface area contributed by atoms with Crippen molar-refractivity contribution in [3.63, 3.8) is 0 Å². The van der Waals surface area contributed by atoms with Crippen LogP contribution in [0.3, 0.4) is 0 Å². The van der Waals surface area contributed by atoms with Crippen LogP contribution < -0.4 is 10.6 Å². The molecule has 0 spiro atoms. The smallest absolute Gasteiger partial charge is 0.407 e. The van der Waals surface area contributed by atoms with Crippen molar-refractivity contribution in [2.75, 3.05) is 12.4 Å². The molecular weight excluding hydrogens is 392 g/mol. The highest BCUT2D eigenvalue weighted by Gasteiger charge is 2.30. The lowest BCUT2D eigenvalue weighted by Crippen LogP contribution is -2.34. The summed E-state index contributed by atoms with van der Waals surface area (Å²) in [6.07, 6.45) is 0.110. The second-order valence-electron chi connectivity index (χ2n) is 7.40. The molecule has 4 rings (SSSR count). The predicted octanol–water partition coefficient (Wildman–Crippen LogP) is 5.00. The third-order valence-corrected chi connectivity index (χ3v) is 5.36. The molecular formula is C25H24N2O4. The molecule has 6 nitrogen and oxygen atoms in total. The Morgan fingerprint density at radius 3 is 2.42 bits per heavy atom. The molecule has 0 saturated carbocycles. The van der Waals surface area contributed by atoms with Gasteiger partial charge in [-0.2, -0.15) is 0 Å². The first kappa shape index (κ1) is 20.5. The van der Waals surface area contributed by atoms with Crippen LogP contribution in [0.25, 0.3) is 0 Å². The molecule has 0 radical (unpaired) electrons. The third kappa shape index (κ3) is 4.86. The number of esters is 1. The standard InChI is InChI=1S/C25H24N2O4/c1-30-24(28)19-12-13-21-20(14-19)23(15-22(26-21)18-10-6-3-7-11-18)27-25(29)31-16-17-8-4-2-5-9-17/h2-14,22-23,26H,15-16H2,1H3,(H,27,29)/t22-,23-/m0/s1. The van der Waals surface area contributed by atoms with E-state index in [-0.39, 0.29) is 18.7 Å². The maximum absolute atomic E-state index is 12.6. The molecule has 2 atom stereocenters. The zero-order valence-corrected chi connectivity index (χ0v) is 17.2. The minimum Gasteiger partial charge on any atom is -0.465 e. The molecule has 1 aliphatic rings. The van der Waals surface area contributed by atoms with Crippen molar-refractivity contribution < 1.29 is 19.1 Å². The van der Waals surface area contributed by atoms with Crippen LogP contribution in [0.2, 0.25) is 0 Å². The minimum absolute atomic E-state index is 0.0112. The molecule has 3 aromatic rings. The third-order valence-electron chi connectivity index (χ3n) is 5.36. The summed E-state index contributed by atoms with van der Waals surface area (Å²) in [5, 5.41) is 6.49. The molecule has 158 valence electrons. The first-order valence-corrected chi connectivity index (χ1v) is 10.1. The Balaban J connectivity index is 1.56. The topological polar surface area (TPSA) is 76.7 Å². The number of hydrogen-bond acceptors (Lipinski definition) is 5. The van der Waals surface area contributed by atoms with Gasteiger partial charge in [0.1, 0.15) is 6.61 Å². The average Bonchev–Trinajstić information content (AvgIpc) is 2.83. The van der Waals surface area contributed by atoms with E-state index in [4.69, 9.17) is 9.47 Å². The van der Waals surface area contributed by atoms with Gasteiger partial charge >= 0.3 is 12.1 Å². The van der Waals surface area contributed by atoms with Gasteiger partial charge in [0, 0.05) is 5.69 Å². The Kier molecular flexibility index (Phi) is 6.17. The van der Waals surface area contributed by atoms with Gasteiger partial charge in [0.05, 0.1) is 24.8 Å². The summed E-state index contributed by atoms with van der Waals surface area (Å²) >= 11 is 0. The van der Waals surface area contributed by atoms with Crippen molar-refractivity contribution in [3.8, 4) is 0 Å². The quantitative estimate of drug-likeness (QED) is 0.573. The van der Waals surface area contributed by atoms with Gasteiger partial charge in [-0.15, -0.1) is 0 Å². The second-order valence-corrected chi connectivity index (χ2v) is 7.40. The number of alkyl carbamates (subject to hydrolysis) is 1. The summed E-state index contributed by atoms with van der Waals surface area (Å²) in [6, 6.07) is 24.6. The Morgan fingerprint density at radius 1 is 1.00 bits per heavy atom. The van der Waals surface area contributed by atoms with Crippen molar-refractivity contribution in [2.24, 2.45) is 0 Å². The molecule has 1 aliphatic heterocycles. The molecule has 31 heavy (non-hydrogen) atoms. The number of benzene rings is 3. The first-order valence-electron chi connectivity index (χ1n) is 10.1. The molecule has 0 unspecified atom stereocenters. The number of fused-ring (bicyclic) bond motifs is 1. The maximum Gasteiger partial charge on any atom is 0.407 e. The second kappa shape index (κ2) is 9.34. The van der Waals surface area contributed by atoms with Crippen LogP contribution in [0.5, 0.6) is 0 Å². The van der Waals surface area contributed by atoms with Gasteiger partial charge in [0.15, 0.2) is 0 Å². The van der Waals surface area contributed by atoms with E-state index in [0.717, 1.165) is 22.4 Å². The molecule has 2 N–H and O–H groups in total. The van der Waals surface area contributed by atoms with Gasteiger partial charge in [-0.3, -0.25) is 0 Å². The molecule has 0 aliphatic carbocycles. The van der Waals surface area contributed by atoms with Crippen LogP contribution >= 0.6 is 0 Å². The number of amides is 1. The number of rotatable bonds is 5. The SMILES string of the molecule is COC(=O)c1ccc2c(c1)[C@@H](NC(=O)OCc1ccccc1)C[C@@H](c1ccccc1)N2. The number of carbonyl (C=O) groups is 2. The van der Waals surface area contributed by atoms with Crippen molar-refractivity contribution in [2.45, 2.75) is 25.1 Å². The first-order chi connectivity index (χ1) is 15.1. The largest absolute Gasteiger partial charge is 0.465 e. The van der Waals surface area contributed by atoms with E-state index in [9.17, 15) is 9.59 Å². The summed E-state index contributed by atoms with van der Waals surface area (Å²) in [5.74, 6) is -0.418. The summed E-state index contributed by atoms with van der Waals surface area (Å²) in [5.41, 5.74) is 4.16. The van der Waals surface area contributed by atoms with E-state index in [1.165, 1.54) is 7.11 Å². The summed E-state index contributed by atoms with van der Waals surface area (Å²) in [4.78, 5) is 24.6. The zero-order valence-electron chi connectivity index (χ0n) is 17.2. The number of methoxy groups -OCH3 is 1. The monoisotopic (exact) mass is 416 g/mol. The van der Waals surface area contributed by atoms with E-state index >= 15 is 0 Å². The molecule has 1 amide bonds. The van der Waals surface area contributed by atoms with Crippen LogP contribution in [0.15, 0.2) is 78.9 Å². The number of anilines is 1. The molecule has 6 heteroatoms. The number of hydrogen-bond donors (Lipinski definition) is 2. The lowest BCUT2D eigenvalue weighted by molar-refractivity contribution is 0.0600. The van der Waals surface area contributed by atoms with Crippen LogP contribution in [-0.2, 0) is 16.1 Å². The normalized spacial score (nSPS) is 17.1. The fraction of sp³-hybridized carbons (Fsp3) is 0.200. The fourth-order valence-electron chi connectivity index (χ4n) is 3.79. The minimum atomic E-state index is -0.503. The van der Waals surface area contributed by atoms with Crippen molar-refractivity contribution in [1.82, 2.24) is 5.32 Å². The number of ether oxygens (including phenoxy) is 2. The van der Waals surface area contributed by atoms with Crippen molar-refractivity contribution >= 4 is 17.7 Å². The highest BCUT2D eigenvalue weighted by molar-refractivity contribution is 5.90. The van der Waals surface area contributed by atoms with E-state index < -0.39 is 12.1 Å². The highest BCUT2D eigenvalue weighted by atomic mass is 16.5. The van der Waals surface area contributed by atoms with Crippen LogP contribution in [-0.4, -0.2) is 19.2 Å². The lowest BCUT2D eigenvalue weighted by Gasteiger charge is -2.34. The van der Waals surface area contributed by atoms with Crippen LogP contribution in [0.4, 0.5) is 10.5 Å². The lowest BCUT2D eigenvalue weighted by atomic mass is 9.88. The maximum atomic E-state index is 12.6. The molecule has 3 aromatic carbocycles. The van der Waals surface area contributed by atoms with Gasteiger partial charge in [-0.25, -0.2) is 9.59 Å². The summed E-state index contributed by atoms with van der Waals surface area (Å²) in [7, 11) is 1.35. The van der Waals surface area contributed by atoms with E-state index in [1.807, 2.05) is 54.6 Å². The number of nitrogens with one attached hydrogen (secondary N) is 2. The van der Waals surface area contributed by atoms with Crippen molar-refractivity contribution in [3.05, 3.63) is 101 Å². The van der Waals surface area contributed by atoms with Gasteiger partial charge in [0.2, 0.25) is 0 Å². The molecule has 0 bridgehead atoms. The van der Waals surface area contributed by atoms with E-state index in [2.05, 4.69) is 22.8 Å². The Bertz CT molecular complexity index is 1050. The van der Waals surface area contributed by atoms with E-state index in [1.54, 1.807) is 12.1 Å². The van der Waals surface area contributed by atoms with Crippen LogP contribution in [0.1, 0.15) is 45.6 Å². The zero-order chi connectivity index (χ0) is 21.6. The summed E-state index contributed by atoms with van der Waals surface area (Å²) in [6.45, 7) is 0.189. The van der Waals surface area contributed by atoms with Crippen LogP contribution in [0, 0.1) is 0 Å². The predicted molar refractivity (Wildman–Crippen MR) is 118 cm³/mol. The average molecular weight is 416 g/mol. The van der Waals surface area contributed by atoms with Gasteiger partial charge in [-0.1, -0.05) is 60.7 Å². The highest BCUT2D eigenvalue weighted by Crippen LogP contribution is 2.39. The Hall–Kier alpha value is -3.80. The van der Waals surface area contributed by atoms with E-state index in [0.29, 0.717) is 12.0 Å². The molecule has 0 saturated heterocycles. The fourth-order valence-corrected chi connectivity index (χ4v) is 3.79. The summed E-state index contributed by atoms with van der Waals surface area (Å²) < 4.78 is 10.3. The molecule has 0 aromatic heterocycles. The molecule has 1 heterocycles.